The van der Waals surface area contributed by atoms with Crippen molar-refractivity contribution in [1.29, 1.82) is 0 Å². The number of benzene rings is 1. The Morgan fingerprint density at radius 1 is 1.41 bits per heavy atom. The van der Waals surface area contributed by atoms with E-state index in [2.05, 4.69) is 0 Å². The third-order valence-electron chi connectivity index (χ3n) is 3.29. The number of halogens is 2. The summed E-state index contributed by atoms with van der Waals surface area (Å²) in [5.74, 6) is -2.57. The van der Waals surface area contributed by atoms with Crippen LogP contribution in [0.2, 0.25) is 5.02 Å². The highest BCUT2D eigenvalue weighted by molar-refractivity contribution is 6.31. The third-order valence-corrected chi connectivity index (χ3v) is 3.58. The van der Waals surface area contributed by atoms with E-state index in [1.165, 1.54) is 11.0 Å². The van der Waals surface area contributed by atoms with Gasteiger partial charge in [-0.1, -0.05) is 11.6 Å². The number of aliphatic carboxylic acids is 1. The molecule has 1 N–H and O–H groups in total. The number of carboxylic acid groups (broad SMARTS) is 1. The quantitative estimate of drug-likeness (QED) is 0.851. The van der Waals surface area contributed by atoms with Crippen LogP contribution in [0.4, 0.5) is 14.9 Å². The molecule has 1 aliphatic heterocycles. The van der Waals surface area contributed by atoms with E-state index in [9.17, 15) is 19.1 Å². The van der Waals surface area contributed by atoms with Crippen LogP contribution < -0.4 is 4.90 Å². The van der Waals surface area contributed by atoms with Crippen molar-refractivity contribution in [2.75, 3.05) is 11.4 Å². The number of anilines is 1. The van der Waals surface area contributed by atoms with Gasteiger partial charge in [-0.15, -0.1) is 0 Å². The molecule has 0 aromatic heterocycles. The molecular formula is C15H17ClFNO4. The second kappa shape index (κ2) is 5.76. The summed E-state index contributed by atoms with van der Waals surface area (Å²) in [5.41, 5.74) is -0.197. The first-order valence-electron chi connectivity index (χ1n) is 6.82. The summed E-state index contributed by atoms with van der Waals surface area (Å²) >= 11 is 5.75. The summed E-state index contributed by atoms with van der Waals surface area (Å²) < 4.78 is 19.0. The maximum absolute atomic E-state index is 13.8. The Balaban J connectivity index is 2.45. The van der Waals surface area contributed by atoms with E-state index in [0.717, 1.165) is 6.07 Å². The molecule has 0 bridgehead atoms. The van der Waals surface area contributed by atoms with E-state index in [-0.39, 0.29) is 23.7 Å². The first kappa shape index (κ1) is 16.5. The number of rotatable bonds is 1. The molecule has 5 nitrogen and oxygen atoms in total. The van der Waals surface area contributed by atoms with Gasteiger partial charge >= 0.3 is 12.1 Å². The van der Waals surface area contributed by atoms with E-state index in [1.807, 2.05) is 0 Å². The molecule has 0 fully saturated rings. The number of carbonyl (C=O) groups is 2. The highest BCUT2D eigenvalue weighted by Gasteiger charge is 2.35. The van der Waals surface area contributed by atoms with Crippen LogP contribution in [-0.4, -0.2) is 29.3 Å². The van der Waals surface area contributed by atoms with Crippen LogP contribution in [0, 0.1) is 5.82 Å². The number of hydrogen-bond donors (Lipinski definition) is 1. The van der Waals surface area contributed by atoms with Crippen LogP contribution in [0.15, 0.2) is 12.1 Å². The monoisotopic (exact) mass is 329 g/mol. The molecule has 1 atom stereocenters. The molecule has 1 aromatic rings. The fraction of sp³-hybridized carbons (Fsp3) is 0.467. The first-order valence-corrected chi connectivity index (χ1v) is 7.20. The lowest BCUT2D eigenvalue weighted by Gasteiger charge is -2.34. The van der Waals surface area contributed by atoms with Gasteiger partial charge in [-0.25, -0.2) is 9.18 Å². The maximum atomic E-state index is 13.8. The Hall–Kier alpha value is -1.82. The Labute approximate surface area is 132 Å². The van der Waals surface area contributed by atoms with Gasteiger partial charge in [-0.05, 0) is 44.9 Å². The number of carboxylic acids is 1. The molecule has 0 aliphatic carbocycles. The van der Waals surface area contributed by atoms with Crippen molar-refractivity contribution in [2.24, 2.45) is 0 Å². The zero-order chi connectivity index (χ0) is 16.7. The molecule has 1 heterocycles. The Bertz CT molecular complexity index is 627. The second-order valence-electron chi connectivity index (χ2n) is 6.14. The molecule has 0 spiro atoms. The lowest BCUT2D eigenvalue weighted by molar-refractivity contribution is -0.139. The zero-order valence-electron chi connectivity index (χ0n) is 12.5. The lowest BCUT2D eigenvalue weighted by atomic mass is 9.90. The van der Waals surface area contributed by atoms with Crippen LogP contribution >= 0.6 is 11.6 Å². The summed E-state index contributed by atoms with van der Waals surface area (Å²) in [5, 5.41) is 9.11. The first-order chi connectivity index (χ1) is 10.1. The average molecular weight is 330 g/mol. The molecule has 120 valence electrons. The molecule has 1 aromatic carbocycles. The number of nitrogens with zero attached hydrogens (tertiary/aromatic N) is 1. The number of fused-ring (bicyclic) bond motifs is 1. The molecule has 0 saturated heterocycles. The number of hydrogen-bond acceptors (Lipinski definition) is 3. The van der Waals surface area contributed by atoms with Crippen LogP contribution in [0.3, 0.4) is 0 Å². The molecule has 7 heteroatoms. The van der Waals surface area contributed by atoms with Crippen molar-refractivity contribution >= 4 is 29.4 Å². The van der Waals surface area contributed by atoms with Crippen molar-refractivity contribution in [3.63, 3.8) is 0 Å². The summed E-state index contributed by atoms with van der Waals surface area (Å²) in [6.07, 6.45) is -0.428. The summed E-state index contributed by atoms with van der Waals surface area (Å²) in [4.78, 5) is 24.8. The largest absolute Gasteiger partial charge is 0.481 e. The van der Waals surface area contributed by atoms with E-state index in [1.54, 1.807) is 20.8 Å². The molecule has 1 unspecified atom stereocenters. The minimum absolute atomic E-state index is 0.139. The van der Waals surface area contributed by atoms with Crippen molar-refractivity contribution in [1.82, 2.24) is 0 Å². The van der Waals surface area contributed by atoms with Crippen LogP contribution in [0.1, 0.15) is 38.7 Å². The second-order valence-corrected chi connectivity index (χ2v) is 6.54. The Kier molecular flexibility index (Phi) is 4.33. The van der Waals surface area contributed by atoms with Gasteiger partial charge in [0.1, 0.15) is 11.4 Å². The lowest BCUT2D eigenvalue weighted by Crippen LogP contribution is -2.41. The smallest absolute Gasteiger partial charge is 0.414 e. The topological polar surface area (TPSA) is 66.8 Å². The summed E-state index contributed by atoms with van der Waals surface area (Å²) in [6, 6.07) is 2.35. The highest BCUT2D eigenvalue weighted by atomic mass is 35.5. The number of carbonyl (C=O) groups excluding carboxylic acids is 1. The van der Waals surface area contributed by atoms with Gasteiger partial charge in [0.25, 0.3) is 0 Å². The van der Waals surface area contributed by atoms with Crippen LogP contribution in [0.25, 0.3) is 0 Å². The van der Waals surface area contributed by atoms with E-state index in [0.29, 0.717) is 5.56 Å². The van der Waals surface area contributed by atoms with Crippen LogP contribution in [0.5, 0.6) is 0 Å². The van der Waals surface area contributed by atoms with Gasteiger partial charge in [-0.2, -0.15) is 0 Å². The van der Waals surface area contributed by atoms with Gasteiger partial charge in [0.2, 0.25) is 0 Å². The number of amides is 1. The summed E-state index contributed by atoms with van der Waals surface area (Å²) in [6.45, 7) is 5.30. The predicted octanol–water partition coefficient (Wildman–Crippen LogP) is 3.79. The van der Waals surface area contributed by atoms with Gasteiger partial charge in [0, 0.05) is 6.54 Å². The van der Waals surface area contributed by atoms with E-state index < -0.39 is 29.4 Å². The maximum Gasteiger partial charge on any atom is 0.414 e. The standard InChI is InChI=1S/C15H17ClFNO4/c1-15(2,3)22-14(21)18-5-4-8(13(19)20)9-6-10(16)11(17)7-12(9)18/h6-8H,4-5H2,1-3H3,(H,19,20). The van der Waals surface area contributed by atoms with E-state index >= 15 is 0 Å². The molecule has 0 radical (unpaired) electrons. The van der Waals surface area contributed by atoms with Crippen molar-refractivity contribution in [3.8, 4) is 0 Å². The minimum atomic E-state index is -1.03. The molecule has 0 saturated carbocycles. The average Bonchev–Trinajstić information content (AvgIpc) is 2.36. The molecule has 1 aliphatic rings. The van der Waals surface area contributed by atoms with Crippen molar-refractivity contribution in [2.45, 2.75) is 38.7 Å². The third kappa shape index (κ3) is 3.32. The normalized spacial score (nSPS) is 17.9. The Morgan fingerprint density at radius 2 is 2.05 bits per heavy atom. The fourth-order valence-corrected chi connectivity index (χ4v) is 2.53. The van der Waals surface area contributed by atoms with Gasteiger partial charge in [0.15, 0.2) is 0 Å². The molecular weight excluding hydrogens is 313 g/mol. The molecule has 1 amide bonds. The molecule has 22 heavy (non-hydrogen) atoms. The van der Waals surface area contributed by atoms with Gasteiger partial charge in [-0.3, -0.25) is 9.69 Å². The zero-order valence-corrected chi connectivity index (χ0v) is 13.3. The highest BCUT2D eigenvalue weighted by Crippen LogP contribution is 2.39. The summed E-state index contributed by atoms with van der Waals surface area (Å²) in [7, 11) is 0. The van der Waals surface area contributed by atoms with Crippen molar-refractivity contribution in [3.05, 3.63) is 28.5 Å². The minimum Gasteiger partial charge on any atom is -0.481 e. The predicted molar refractivity (Wildman–Crippen MR) is 80.0 cm³/mol. The number of ether oxygens (including phenoxy) is 1. The van der Waals surface area contributed by atoms with Crippen LogP contribution in [-0.2, 0) is 9.53 Å². The molecule has 2 rings (SSSR count). The van der Waals surface area contributed by atoms with E-state index in [4.69, 9.17) is 16.3 Å². The van der Waals surface area contributed by atoms with Crippen molar-refractivity contribution < 1.29 is 23.8 Å². The SMILES string of the molecule is CC(C)(C)OC(=O)N1CCC(C(=O)O)c2cc(Cl)c(F)cc21. The Morgan fingerprint density at radius 3 is 2.59 bits per heavy atom. The van der Waals surface area contributed by atoms with Gasteiger partial charge in [0.05, 0.1) is 16.6 Å². The van der Waals surface area contributed by atoms with Gasteiger partial charge < -0.3 is 9.84 Å². The fourth-order valence-electron chi connectivity index (χ4n) is 2.36.